The molecule has 1 fully saturated rings. The lowest BCUT2D eigenvalue weighted by atomic mass is 9.99. The average Bonchev–Trinajstić information content (AvgIpc) is 2.11. The van der Waals surface area contributed by atoms with Gasteiger partial charge in [0.25, 0.3) is 0 Å². The molecule has 0 aromatic rings. The summed E-state index contributed by atoms with van der Waals surface area (Å²) >= 11 is 0. The normalized spacial score (nSPS) is 30.8. The maximum atomic E-state index is 5.47. The Morgan fingerprint density at radius 3 is 1.20 bits per heavy atom. The van der Waals surface area contributed by atoms with Gasteiger partial charge in [0, 0.05) is 5.41 Å². The summed E-state index contributed by atoms with van der Waals surface area (Å²) < 4.78 is 0. The first-order chi connectivity index (χ1) is 4.31. The van der Waals surface area contributed by atoms with Crippen molar-refractivity contribution in [3.05, 3.63) is 0 Å². The first kappa shape index (κ1) is 7.66. The summed E-state index contributed by atoms with van der Waals surface area (Å²) in [6, 6.07) is 0. The van der Waals surface area contributed by atoms with Crippen LogP contribution in [0.25, 0.3) is 0 Å². The van der Waals surface area contributed by atoms with Crippen molar-refractivity contribution in [2.75, 3.05) is 0 Å². The minimum absolute atomic E-state index is 0.111. The smallest absolute Gasteiger partial charge is 0.0396 e. The number of rotatable bonds is 0. The van der Waals surface area contributed by atoms with Gasteiger partial charge in [-0.05, 0) is 17.8 Å². The highest BCUT2D eigenvalue weighted by Crippen LogP contribution is 2.77. The molecule has 0 heterocycles. The van der Waals surface area contributed by atoms with E-state index in [4.69, 9.17) is 6.42 Å². The molecule has 0 N–H and O–H groups in total. The van der Waals surface area contributed by atoms with E-state index in [9.17, 15) is 0 Å². The lowest BCUT2D eigenvalue weighted by Crippen LogP contribution is -1.99. The topological polar surface area (TPSA) is 0 Å². The van der Waals surface area contributed by atoms with Crippen molar-refractivity contribution in [1.29, 1.82) is 0 Å². The summed E-state index contributed by atoms with van der Waals surface area (Å²) in [5.74, 6) is 2.90. The van der Waals surface area contributed by atoms with Gasteiger partial charge in [-0.25, -0.2) is 0 Å². The van der Waals surface area contributed by atoms with E-state index in [1.165, 1.54) is 0 Å². The van der Waals surface area contributed by atoms with E-state index in [2.05, 4.69) is 40.5 Å². The first-order valence-corrected chi connectivity index (χ1v) is 3.79. The molecular weight excluding hydrogens is 120 g/mol. The summed E-state index contributed by atoms with van der Waals surface area (Å²) in [4.78, 5) is 0. The number of hydrogen-bond acceptors (Lipinski definition) is 0. The molecular formula is C10H16. The highest BCUT2D eigenvalue weighted by molar-refractivity contribution is 5.32. The molecule has 0 aromatic carbocycles. The van der Waals surface area contributed by atoms with Gasteiger partial charge in [-0.1, -0.05) is 33.6 Å². The second kappa shape index (κ2) is 1.42. The van der Waals surface area contributed by atoms with E-state index in [0.717, 1.165) is 0 Å². The lowest BCUT2D eigenvalue weighted by molar-refractivity contribution is 0.457. The van der Waals surface area contributed by atoms with Gasteiger partial charge in [-0.15, -0.1) is 6.42 Å². The molecule has 0 radical (unpaired) electrons. The van der Waals surface area contributed by atoms with Crippen molar-refractivity contribution in [2.24, 2.45) is 16.2 Å². The van der Waals surface area contributed by atoms with E-state index >= 15 is 0 Å². The van der Waals surface area contributed by atoms with Crippen LogP contribution in [0, 0.1) is 28.6 Å². The Bertz CT molecular complexity index is 187. The molecule has 0 spiro atoms. The molecule has 1 aliphatic rings. The Balaban J connectivity index is 3.04. The highest BCUT2D eigenvalue weighted by Gasteiger charge is 2.73. The Hall–Kier alpha value is -0.440. The van der Waals surface area contributed by atoms with Crippen LogP contribution in [0.5, 0.6) is 0 Å². The van der Waals surface area contributed by atoms with Crippen molar-refractivity contribution < 1.29 is 0 Å². The third-order valence-electron chi connectivity index (χ3n) is 4.29. The SMILES string of the molecule is C#CC1(C)C(C)(C)C1(C)C. The van der Waals surface area contributed by atoms with Crippen LogP contribution in [-0.2, 0) is 0 Å². The summed E-state index contributed by atoms with van der Waals surface area (Å²) in [7, 11) is 0. The standard InChI is InChI=1S/C10H16/c1-7-10(6)8(2,3)9(10,4)5/h1H,2-6H3. The third kappa shape index (κ3) is 0.428. The number of terminal acetylenes is 1. The fourth-order valence-corrected chi connectivity index (χ4v) is 1.95. The van der Waals surface area contributed by atoms with Crippen molar-refractivity contribution in [1.82, 2.24) is 0 Å². The van der Waals surface area contributed by atoms with Crippen LogP contribution in [0.15, 0.2) is 0 Å². The van der Waals surface area contributed by atoms with Gasteiger partial charge in [0.15, 0.2) is 0 Å². The van der Waals surface area contributed by atoms with E-state index in [-0.39, 0.29) is 5.41 Å². The molecule has 0 atom stereocenters. The Morgan fingerprint density at radius 1 is 0.900 bits per heavy atom. The molecule has 0 nitrogen and oxygen atoms in total. The van der Waals surface area contributed by atoms with Crippen LogP contribution in [0.2, 0.25) is 0 Å². The minimum Gasteiger partial charge on any atom is -0.119 e. The summed E-state index contributed by atoms with van der Waals surface area (Å²) in [6.07, 6.45) is 5.47. The molecule has 0 aliphatic heterocycles. The summed E-state index contributed by atoms with van der Waals surface area (Å²) in [5.41, 5.74) is 0.740. The van der Waals surface area contributed by atoms with Crippen LogP contribution >= 0.6 is 0 Å². The molecule has 10 heavy (non-hydrogen) atoms. The molecule has 1 aliphatic carbocycles. The van der Waals surface area contributed by atoms with Gasteiger partial charge in [-0.2, -0.15) is 0 Å². The van der Waals surface area contributed by atoms with Gasteiger partial charge < -0.3 is 0 Å². The van der Waals surface area contributed by atoms with Crippen molar-refractivity contribution in [3.63, 3.8) is 0 Å². The van der Waals surface area contributed by atoms with E-state index in [1.807, 2.05) is 0 Å². The van der Waals surface area contributed by atoms with E-state index in [1.54, 1.807) is 0 Å². The van der Waals surface area contributed by atoms with Crippen LogP contribution in [-0.4, -0.2) is 0 Å². The second-order valence-corrected chi connectivity index (χ2v) is 4.52. The second-order valence-electron chi connectivity index (χ2n) is 4.52. The van der Waals surface area contributed by atoms with Crippen LogP contribution < -0.4 is 0 Å². The van der Waals surface area contributed by atoms with Crippen molar-refractivity contribution >= 4 is 0 Å². The Labute approximate surface area is 64.0 Å². The van der Waals surface area contributed by atoms with Gasteiger partial charge in [0.2, 0.25) is 0 Å². The lowest BCUT2D eigenvalue weighted by Gasteiger charge is -2.03. The number of hydrogen-bond donors (Lipinski definition) is 0. The predicted molar refractivity (Wildman–Crippen MR) is 44.5 cm³/mol. The molecule has 0 aromatic heterocycles. The predicted octanol–water partition coefficient (Wildman–Crippen LogP) is 2.69. The van der Waals surface area contributed by atoms with E-state index in [0.29, 0.717) is 10.8 Å². The maximum absolute atomic E-state index is 5.47. The van der Waals surface area contributed by atoms with Crippen molar-refractivity contribution in [3.8, 4) is 12.3 Å². The quantitative estimate of drug-likeness (QED) is 0.449. The van der Waals surface area contributed by atoms with Gasteiger partial charge in [-0.3, -0.25) is 0 Å². The molecule has 0 bridgehead atoms. The van der Waals surface area contributed by atoms with Gasteiger partial charge in [0.05, 0.1) is 0 Å². The van der Waals surface area contributed by atoms with Gasteiger partial charge in [0.1, 0.15) is 0 Å². The zero-order valence-corrected chi connectivity index (χ0v) is 7.58. The minimum atomic E-state index is 0.111. The van der Waals surface area contributed by atoms with Crippen LogP contribution in [0.1, 0.15) is 34.6 Å². The summed E-state index contributed by atoms with van der Waals surface area (Å²) in [6.45, 7) is 11.1. The van der Waals surface area contributed by atoms with Crippen LogP contribution in [0.3, 0.4) is 0 Å². The fraction of sp³-hybridized carbons (Fsp3) is 0.800. The Kier molecular flexibility index (Phi) is 1.09. The molecule has 1 rings (SSSR count). The molecule has 1 saturated carbocycles. The molecule has 56 valence electrons. The summed E-state index contributed by atoms with van der Waals surface area (Å²) in [5, 5.41) is 0. The van der Waals surface area contributed by atoms with E-state index < -0.39 is 0 Å². The molecule has 0 unspecified atom stereocenters. The highest BCUT2D eigenvalue weighted by atomic mass is 14.8. The monoisotopic (exact) mass is 136 g/mol. The van der Waals surface area contributed by atoms with Crippen LogP contribution in [0.4, 0.5) is 0 Å². The van der Waals surface area contributed by atoms with Crippen molar-refractivity contribution in [2.45, 2.75) is 34.6 Å². The average molecular weight is 136 g/mol. The zero-order chi connectivity index (χ0) is 8.21. The first-order valence-electron chi connectivity index (χ1n) is 3.79. The maximum Gasteiger partial charge on any atom is 0.0396 e. The zero-order valence-electron chi connectivity index (χ0n) is 7.58. The largest absolute Gasteiger partial charge is 0.119 e. The third-order valence-corrected chi connectivity index (χ3v) is 4.29. The fourth-order valence-electron chi connectivity index (χ4n) is 1.95. The molecule has 0 heteroatoms. The molecule has 0 saturated heterocycles. The Morgan fingerprint density at radius 2 is 1.20 bits per heavy atom. The molecule has 0 amide bonds. The van der Waals surface area contributed by atoms with Gasteiger partial charge >= 0.3 is 0 Å².